The smallest absolute Gasteiger partial charge is 0.153 e. The van der Waals surface area contributed by atoms with E-state index in [1.807, 2.05) is 6.92 Å². The highest BCUT2D eigenvalue weighted by Gasteiger charge is 2.22. The quantitative estimate of drug-likeness (QED) is 0.799. The number of hydrogen-bond acceptors (Lipinski definition) is 4. The van der Waals surface area contributed by atoms with Gasteiger partial charge in [0.1, 0.15) is 12.2 Å². The summed E-state index contributed by atoms with van der Waals surface area (Å²) in [6, 6.07) is 8.57. The zero-order chi connectivity index (χ0) is 11.7. The first-order valence-corrected chi connectivity index (χ1v) is 5.81. The van der Waals surface area contributed by atoms with E-state index in [9.17, 15) is 0 Å². The molecule has 1 unspecified atom stereocenters. The summed E-state index contributed by atoms with van der Waals surface area (Å²) in [6.07, 6.45) is 2.65. The molecule has 0 fully saturated rings. The van der Waals surface area contributed by atoms with Gasteiger partial charge in [-0.3, -0.25) is 0 Å². The van der Waals surface area contributed by atoms with E-state index in [1.54, 1.807) is 6.33 Å². The molecule has 86 valence electrons. The van der Waals surface area contributed by atoms with Crippen LogP contribution in [-0.2, 0) is 6.42 Å². The molecule has 0 amide bonds. The van der Waals surface area contributed by atoms with Crippen molar-refractivity contribution in [1.29, 1.82) is 0 Å². The number of hydrogen-bond donors (Lipinski definition) is 1. The third-order valence-corrected chi connectivity index (χ3v) is 3.08. The van der Waals surface area contributed by atoms with Crippen LogP contribution >= 0.6 is 0 Å². The van der Waals surface area contributed by atoms with Gasteiger partial charge in [-0.15, -0.1) is 0 Å². The third kappa shape index (κ3) is 1.91. The average Bonchev–Trinajstić information content (AvgIpc) is 2.38. The van der Waals surface area contributed by atoms with Crippen molar-refractivity contribution in [1.82, 2.24) is 20.3 Å². The molecule has 0 radical (unpaired) electrons. The molecule has 17 heavy (non-hydrogen) atoms. The first-order valence-electron chi connectivity index (χ1n) is 5.81. The summed E-state index contributed by atoms with van der Waals surface area (Å²) in [7, 11) is 0. The maximum absolute atomic E-state index is 4.41. The molecule has 4 heteroatoms. The molecule has 2 aromatic rings. The maximum Gasteiger partial charge on any atom is 0.153 e. The first-order chi connectivity index (χ1) is 8.34. The highest BCUT2D eigenvalue weighted by atomic mass is 15.1. The van der Waals surface area contributed by atoms with E-state index in [0.717, 1.165) is 24.6 Å². The summed E-state index contributed by atoms with van der Waals surface area (Å²) in [6.45, 7) is 2.85. The first kappa shape index (κ1) is 10.4. The van der Waals surface area contributed by atoms with Gasteiger partial charge in [0, 0.05) is 6.54 Å². The fourth-order valence-corrected chi connectivity index (χ4v) is 2.27. The molecule has 4 nitrogen and oxygen atoms in total. The minimum atomic E-state index is 0.0988. The second kappa shape index (κ2) is 4.22. The van der Waals surface area contributed by atoms with Gasteiger partial charge < -0.3 is 5.32 Å². The number of rotatable bonds is 1. The number of benzene rings is 1. The average molecular weight is 226 g/mol. The van der Waals surface area contributed by atoms with E-state index in [1.165, 1.54) is 11.1 Å². The predicted octanol–water partition coefficient (Wildman–Crippen LogP) is 1.42. The fraction of sp³-hybridized carbons (Fsp3) is 0.308. The Morgan fingerprint density at radius 3 is 3.00 bits per heavy atom. The van der Waals surface area contributed by atoms with Gasteiger partial charge in [-0.25, -0.2) is 15.0 Å². The van der Waals surface area contributed by atoms with Gasteiger partial charge >= 0.3 is 0 Å². The van der Waals surface area contributed by atoms with Crippen molar-refractivity contribution in [2.45, 2.75) is 19.4 Å². The minimum absolute atomic E-state index is 0.0988. The van der Waals surface area contributed by atoms with Crippen molar-refractivity contribution >= 4 is 0 Å². The van der Waals surface area contributed by atoms with Crippen molar-refractivity contribution in [3.8, 4) is 0 Å². The molecule has 0 bridgehead atoms. The Kier molecular flexibility index (Phi) is 2.57. The molecule has 1 aromatic carbocycles. The van der Waals surface area contributed by atoms with Crippen molar-refractivity contribution in [2.24, 2.45) is 0 Å². The third-order valence-electron chi connectivity index (χ3n) is 3.08. The second-order valence-electron chi connectivity index (χ2n) is 4.23. The highest BCUT2D eigenvalue weighted by Crippen LogP contribution is 2.25. The summed E-state index contributed by atoms with van der Waals surface area (Å²) >= 11 is 0. The number of nitrogens with zero attached hydrogens (tertiary/aromatic N) is 3. The van der Waals surface area contributed by atoms with Crippen molar-refractivity contribution in [3.05, 3.63) is 53.4 Å². The molecule has 0 aliphatic carbocycles. The Balaban J connectivity index is 2.06. The lowest BCUT2D eigenvalue weighted by atomic mass is 9.94. The van der Waals surface area contributed by atoms with E-state index in [2.05, 4.69) is 44.5 Å². The monoisotopic (exact) mass is 226 g/mol. The van der Waals surface area contributed by atoms with Crippen LogP contribution in [-0.4, -0.2) is 21.5 Å². The minimum Gasteiger partial charge on any atom is -0.303 e. The normalized spacial score (nSPS) is 18.8. The molecule has 2 heterocycles. The fourth-order valence-electron chi connectivity index (χ4n) is 2.27. The Hall–Kier alpha value is -1.81. The Morgan fingerprint density at radius 1 is 1.24 bits per heavy atom. The summed E-state index contributed by atoms with van der Waals surface area (Å²) < 4.78 is 0. The van der Waals surface area contributed by atoms with Crippen LogP contribution in [0.2, 0.25) is 0 Å². The lowest BCUT2D eigenvalue weighted by Crippen LogP contribution is -2.32. The molecular formula is C13H14N4. The van der Waals surface area contributed by atoms with Gasteiger partial charge in [0.05, 0.1) is 6.04 Å². The van der Waals surface area contributed by atoms with E-state index >= 15 is 0 Å². The van der Waals surface area contributed by atoms with Crippen LogP contribution in [0.15, 0.2) is 30.6 Å². The van der Waals surface area contributed by atoms with Crippen LogP contribution < -0.4 is 5.32 Å². The second-order valence-corrected chi connectivity index (χ2v) is 4.23. The van der Waals surface area contributed by atoms with Crippen LogP contribution in [0.4, 0.5) is 0 Å². The topological polar surface area (TPSA) is 50.7 Å². The molecule has 1 aromatic heterocycles. The summed E-state index contributed by atoms with van der Waals surface area (Å²) in [4.78, 5) is 12.7. The van der Waals surface area contributed by atoms with E-state index in [4.69, 9.17) is 0 Å². The van der Waals surface area contributed by atoms with Gasteiger partial charge in [-0.05, 0) is 24.5 Å². The summed E-state index contributed by atoms with van der Waals surface area (Å²) in [5.74, 6) is 1.57. The van der Waals surface area contributed by atoms with E-state index in [0.29, 0.717) is 0 Å². The van der Waals surface area contributed by atoms with E-state index < -0.39 is 0 Å². The Bertz CT molecular complexity index is 538. The van der Waals surface area contributed by atoms with Crippen LogP contribution in [0.3, 0.4) is 0 Å². The van der Waals surface area contributed by atoms with Crippen LogP contribution in [0.5, 0.6) is 0 Å². The van der Waals surface area contributed by atoms with Gasteiger partial charge in [0.15, 0.2) is 5.82 Å². The van der Waals surface area contributed by atoms with Crippen LogP contribution in [0.25, 0.3) is 0 Å². The summed E-state index contributed by atoms with van der Waals surface area (Å²) in [5, 5.41) is 3.47. The van der Waals surface area contributed by atoms with Crippen LogP contribution in [0, 0.1) is 6.92 Å². The Labute approximate surface area is 100 Å². The lowest BCUT2D eigenvalue weighted by molar-refractivity contribution is 0.539. The molecule has 1 N–H and O–H groups in total. The SMILES string of the molecule is Cc1ncnc(C2NCCc3ccccc32)n1. The van der Waals surface area contributed by atoms with E-state index in [-0.39, 0.29) is 6.04 Å². The van der Waals surface area contributed by atoms with Gasteiger partial charge in [-0.1, -0.05) is 24.3 Å². The highest BCUT2D eigenvalue weighted by molar-refractivity contribution is 5.35. The van der Waals surface area contributed by atoms with Gasteiger partial charge in [-0.2, -0.15) is 0 Å². The zero-order valence-corrected chi connectivity index (χ0v) is 9.72. The molecule has 1 aliphatic rings. The number of fused-ring (bicyclic) bond motifs is 1. The van der Waals surface area contributed by atoms with Crippen LogP contribution in [0.1, 0.15) is 28.8 Å². The predicted molar refractivity (Wildman–Crippen MR) is 64.6 cm³/mol. The van der Waals surface area contributed by atoms with Crippen molar-refractivity contribution < 1.29 is 0 Å². The number of aryl methyl sites for hydroxylation is 1. The van der Waals surface area contributed by atoms with Gasteiger partial charge in [0.2, 0.25) is 0 Å². The molecule has 1 aliphatic heterocycles. The summed E-state index contributed by atoms with van der Waals surface area (Å²) in [5.41, 5.74) is 2.67. The molecule has 0 spiro atoms. The van der Waals surface area contributed by atoms with Gasteiger partial charge in [0.25, 0.3) is 0 Å². The standard InChI is InChI=1S/C13H14N4/c1-9-15-8-16-13(17-9)12-11-5-3-2-4-10(11)6-7-14-12/h2-5,8,12,14H,6-7H2,1H3. The number of aromatic nitrogens is 3. The number of nitrogens with one attached hydrogen (secondary N) is 1. The molecular weight excluding hydrogens is 212 g/mol. The zero-order valence-electron chi connectivity index (χ0n) is 9.72. The molecule has 1 atom stereocenters. The maximum atomic E-state index is 4.41. The molecule has 0 saturated carbocycles. The lowest BCUT2D eigenvalue weighted by Gasteiger charge is -2.25. The molecule has 3 rings (SSSR count). The largest absolute Gasteiger partial charge is 0.303 e. The molecule has 0 saturated heterocycles. The van der Waals surface area contributed by atoms with Crippen molar-refractivity contribution in [2.75, 3.05) is 6.54 Å². The Morgan fingerprint density at radius 2 is 2.12 bits per heavy atom. The van der Waals surface area contributed by atoms with Crippen molar-refractivity contribution in [3.63, 3.8) is 0 Å².